The predicted octanol–water partition coefficient (Wildman–Crippen LogP) is 2.35. The maximum Gasteiger partial charge on any atom is 0.0240 e. The van der Waals surface area contributed by atoms with Gasteiger partial charge in [-0.05, 0) is 36.0 Å². The fourth-order valence-corrected chi connectivity index (χ4v) is 2.64. The second-order valence-electron chi connectivity index (χ2n) is 5.63. The molecule has 1 saturated carbocycles. The number of hydrogen-bond donors (Lipinski definition) is 1. The molecule has 0 atom stereocenters. The molecule has 3 rings (SSSR count). The second-order valence-corrected chi connectivity index (χ2v) is 5.63. The molecule has 1 aliphatic heterocycles. The Morgan fingerprint density at radius 2 is 2.06 bits per heavy atom. The summed E-state index contributed by atoms with van der Waals surface area (Å²) in [6, 6.07) is 9.59. The standard InChI is InChI=1S/C16H22N2/c1-13(10-17-16-6-7-16)11-18-9-8-14-4-2-3-5-15(14)12-18/h2-5,16-17H,1,6-12H2. The van der Waals surface area contributed by atoms with Gasteiger partial charge in [0.1, 0.15) is 0 Å². The van der Waals surface area contributed by atoms with E-state index in [-0.39, 0.29) is 0 Å². The van der Waals surface area contributed by atoms with Crippen LogP contribution < -0.4 is 5.32 Å². The molecule has 1 aliphatic carbocycles. The number of rotatable bonds is 5. The maximum absolute atomic E-state index is 4.20. The number of benzene rings is 1. The van der Waals surface area contributed by atoms with E-state index < -0.39 is 0 Å². The Hall–Kier alpha value is -1.12. The molecule has 1 N–H and O–H groups in total. The largest absolute Gasteiger partial charge is 0.310 e. The van der Waals surface area contributed by atoms with Crippen molar-refractivity contribution >= 4 is 0 Å². The molecule has 0 radical (unpaired) electrons. The predicted molar refractivity (Wildman–Crippen MR) is 75.6 cm³/mol. The van der Waals surface area contributed by atoms with Gasteiger partial charge < -0.3 is 5.32 Å². The molecule has 1 aromatic rings. The third kappa shape index (κ3) is 3.01. The van der Waals surface area contributed by atoms with Gasteiger partial charge in [0, 0.05) is 32.2 Å². The van der Waals surface area contributed by atoms with E-state index in [0.29, 0.717) is 0 Å². The highest BCUT2D eigenvalue weighted by molar-refractivity contribution is 5.29. The molecule has 18 heavy (non-hydrogen) atoms. The lowest BCUT2D eigenvalue weighted by Gasteiger charge is -2.29. The van der Waals surface area contributed by atoms with Gasteiger partial charge in [0.15, 0.2) is 0 Å². The molecule has 1 fully saturated rings. The summed E-state index contributed by atoms with van der Waals surface area (Å²) < 4.78 is 0. The summed E-state index contributed by atoms with van der Waals surface area (Å²) in [6.45, 7) is 8.47. The molecule has 0 bridgehead atoms. The third-order valence-corrected chi connectivity index (χ3v) is 3.88. The van der Waals surface area contributed by atoms with Crippen molar-refractivity contribution in [2.75, 3.05) is 19.6 Å². The van der Waals surface area contributed by atoms with Crippen molar-refractivity contribution in [3.8, 4) is 0 Å². The van der Waals surface area contributed by atoms with Crippen LogP contribution in [0.3, 0.4) is 0 Å². The minimum Gasteiger partial charge on any atom is -0.310 e. The molecular formula is C16H22N2. The molecule has 1 heterocycles. The monoisotopic (exact) mass is 242 g/mol. The Morgan fingerprint density at radius 1 is 1.28 bits per heavy atom. The minimum absolute atomic E-state index is 0.781. The summed E-state index contributed by atoms with van der Waals surface area (Å²) in [4.78, 5) is 2.51. The van der Waals surface area contributed by atoms with Crippen LogP contribution in [0.2, 0.25) is 0 Å². The zero-order chi connectivity index (χ0) is 12.4. The number of hydrogen-bond acceptors (Lipinski definition) is 2. The Morgan fingerprint density at radius 3 is 2.83 bits per heavy atom. The van der Waals surface area contributed by atoms with Crippen molar-refractivity contribution in [1.29, 1.82) is 0 Å². The van der Waals surface area contributed by atoms with Crippen LogP contribution in [0, 0.1) is 0 Å². The first-order valence-electron chi connectivity index (χ1n) is 7.00. The smallest absolute Gasteiger partial charge is 0.0240 e. The van der Waals surface area contributed by atoms with E-state index >= 15 is 0 Å². The fourth-order valence-electron chi connectivity index (χ4n) is 2.64. The van der Waals surface area contributed by atoms with E-state index in [1.165, 1.54) is 42.5 Å². The van der Waals surface area contributed by atoms with Crippen LogP contribution in [0.4, 0.5) is 0 Å². The Balaban J connectivity index is 1.50. The van der Waals surface area contributed by atoms with Crippen molar-refractivity contribution in [3.63, 3.8) is 0 Å². The van der Waals surface area contributed by atoms with Gasteiger partial charge >= 0.3 is 0 Å². The first-order chi connectivity index (χ1) is 8.81. The molecule has 2 aliphatic rings. The fraction of sp³-hybridized carbons (Fsp3) is 0.500. The second kappa shape index (κ2) is 5.25. The Labute approximate surface area is 110 Å². The number of nitrogens with zero attached hydrogens (tertiary/aromatic N) is 1. The van der Waals surface area contributed by atoms with Gasteiger partial charge in [-0.25, -0.2) is 0 Å². The van der Waals surface area contributed by atoms with Crippen molar-refractivity contribution < 1.29 is 0 Å². The van der Waals surface area contributed by atoms with Gasteiger partial charge in [0.2, 0.25) is 0 Å². The summed E-state index contributed by atoms with van der Waals surface area (Å²) in [7, 11) is 0. The average molecular weight is 242 g/mol. The van der Waals surface area contributed by atoms with Crippen LogP contribution in [0.25, 0.3) is 0 Å². The van der Waals surface area contributed by atoms with Gasteiger partial charge in [-0.3, -0.25) is 4.90 Å². The van der Waals surface area contributed by atoms with Crippen LogP contribution in [-0.2, 0) is 13.0 Å². The third-order valence-electron chi connectivity index (χ3n) is 3.88. The van der Waals surface area contributed by atoms with E-state index in [2.05, 4.69) is 41.1 Å². The van der Waals surface area contributed by atoms with Crippen LogP contribution in [0.15, 0.2) is 36.4 Å². The van der Waals surface area contributed by atoms with E-state index in [1.807, 2.05) is 0 Å². The zero-order valence-electron chi connectivity index (χ0n) is 11.0. The lowest BCUT2D eigenvalue weighted by atomic mass is 9.99. The van der Waals surface area contributed by atoms with Gasteiger partial charge in [-0.1, -0.05) is 30.8 Å². The van der Waals surface area contributed by atoms with E-state index in [4.69, 9.17) is 0 Å². The summed E-state index contributed by atoms with van der Waals surface area (Å²) in [6.07, 6.45) is 3.88. The summed E-state index contributed by atoms with van der Waals surface area (Å²) in [5.74, 6) is 0. The van der Waals surface area contributed by atoms with Crippen LogP contribution in [0.5, 0.6) is 0 Å². The molecule has 0 aromatic heterocycles. The molecule has 0 saturated heterocycles. The minimum atomic E-state index is 0.781. The SMILES string of the molecule is C=C(CNC1CC1)CN1CCc2ccccc2C1. The zero-order valence-corrected chi connectivity index (χ0v) is 11.0. The summed E-state index contributed by atoms with van der Waals surface area (Å²) in [5, 5.41) is 3.54. The van der Waals surface area contributed by atoms with Crippen molar-refractivity contribution in [1.82, 2.24) is 10.2 Å². The van der Waals surface area contributed by atoms with E-state index in [0.717, 1.165) is 25.7 Å². The summed E-state index contributed by atoms with van der Waals surface area (Å²) >= 11 is 0. The van der Waals surface area contributed by atoms with Gasteiger partial charge in [0.25, 0.3) is 0 Å². The number of fused-ring (bicyclic) bond motifs is 1. The van der Waals surface area contributed by atoms with Crippen LogP contribution in [-0.4, -0.2) is 30.6 Å². The molecule has 0 spiro atoms. The highest BCUT2D eigenvalue weighted by Gasteiger charge is 2.21. The van der Waals surface area contributed by atoms with Gasteiger partial charge in [-0.2, -0.15) is 0 Å². The maximum atomic E-state index is 4.20. The molecule has 0 amide bonds. The lowest BCUT2D eigenvalue weighted by molar-refractivity contribution is 0.274. The molecular weight excluding hydrogens is 220 g/mol. The normalized spacial score (nSPS) is 19.6. The highest BCUT2D eigenvalue weighted by atomic mass is 15.1. The quantitative estimate of drug-likeness (QED) is 0.797. The van der Waals surface area contributed by atoms with Crippen molar-refractivity contribution in [2.45, 2.75) is 31.8 Å². The number of nitrogens with one attached hydrogen (secondary N) is 1. The van der Waals surface area contributed by atoms with Gasteiger partial charge in [0.05, 0.1) is 0 Å². The highest BCUT2D eigenvalue weighted by Crippen LogP contribution is 2.20. The Bertz CT molecular complexity index is 434. The molecule has 0 unspecified atom stereocenters. The lowest BCUT2D eigenvalue weighted by Crippen LogP contribution is -2.34. The molecule has 2 heteroatoms. The van der Waals surface area contributed by atoms with Crippen molar-refractivity contribution in [2.24, 2.45) is 0 Å². The molecule has 1 aromatic carbocycles. The average Bonchev–Trinajstić information content (AvgIpc) is 3.20. The first kappa shape index (κ1) is 11.9. The van der Waals surface area contributed by atoms with Crippen LogP contribution in [0.1, 0.15) is 24.0 Å². The molecule has 2 nitrogen and oxygen atoms in total. The van der Waals surface area contributed by atoms with Crippen LogP contribution >= 0.6 is 0 Å². The van der Waals surface area contributed by atoms with Crippen molar-refractivity contribution in [3.05, 3.63) is 47.5 Å². The van der Waals surface area contributed by atoms with E-state index in [1.54, 1.807) is 0 Å². The summed E-state index contributed by atoms with van der Waals surface area (Å²) in [5.41, 5.74) is 4.34. The Kier molecular flexibility index (Phi) is 3.48. The topological polar surface area (TPSA) is 15.3 Å². The van der Waals surface area contributed by atoms with E-state index in [9.17, 15) is 0 Å². The first-order valence-corrected chi connectivity index (χ1v) is 7.00. The molecule has 96 valence electrons. The van der Waals surface area contributed by atoms with Gasteiger partial charge in [-0.15, -0.1) is 0 Å².